The Labute approximate surface area is 96.2 Å². The lowest BCUT2D eigenvalue weighted by molar-refractivity contribution is 0.431. The molecule has 1 fully saturated rings. The third-order valence-corrected chi connectivity index (χ3v) is 4.11. The highest BCUT2D eigenvalue weighted by Gasteiger charge is 2.28. The van der Waals surface area contributed by atoms with Crippen molar-refractivity contribution in [2.75, 3.05) is 6.54 Å². The van der Waals surface area contributed by atoms with Crippen molar-refractivity contribution in [3.63, 3.8) is 0 Å². The highest BCUT2D eigenvalue weighted by Crippen LogP contribution is 2.35. The van der Waals surface area contributed by atoms with Crippen LogP contribution in [0.1, 0.15) is 62.0 Å². The number of hydrogen-bond donors (Lipinski definition) is 1. The van der Waals surface area contributed by atoms with Gasteiger partial charge in [0.25, 0.3) is 0 Å². The molecule has 0 spiro atoms. The van der Waals surface area contributed by atoms with E-state index in [1.54, 1.807) is 0 Å². The van der Waals surface area contributed by atoms with Gasteiger partial charge in [0.15, 0.2) is 0 Å². The molecule has 16 heavy (non-hydrogen) atoms. The molecule has 1 aromatic heterocycles. The highest BCUT2D eigenvalue weighted by molar-refractivity contribution is 5.10. The minimum atomic E-state index is 0.441. The summed E-state index contributed by atoms with van der Waals surface area (Å²) in [6, 6.07) is 0. The van der Waals surface area contributed by atoms with Crippen molar-refractivity contribution in [3.8, 4) is 0 Å². The summed E-state index contributed by atoms with van der Waals surface area (Å²) in [5.74, 6) is 3.50. The molecule has 0 bridgehead atoms. The van der Waals surface area contributed by atoms with Crippen molar-refractivity contribution < 1.29 is 0 Å². The van der Waals surface area contributed by atoms with Gasteiger partial charge in [-0.3, -0.25) is 0 Å². The summed E-state index contributed by atoms with van der Waals surface area (Å²) < 4.78 is 2.36. The van der Waals surface area contributed by atoms with Crippen LogP contribution < -0.4 is 5.73 Å². The molecule has 4 heteroatoms. The Kier molecular flexibility index (Phi) is 2.67. The van der Waals surface area contributed by atoms with Crippen molar-refractivity contribution in [2.24, 2.45) is 5.73 Å². The minimum absolute atomic E-state index is 0.441. The quantitative estimate of drug-likeness (QED) is 0.826. The fourth-order valence-electron chi connectivity index (χ4n) is 3.19. The molecule has 0 radical (unpaired) electrons. The summed E-state index contributed by atoms with van der Waals surface area (Å²) in [5.41, 5.74) is 5.80. The fraction of sp³-hybridized carbons (Fsp3) is 0.833. The second-order valence-corrected chi connectivity index (χ2v) is 5.12. The Hall–Kier alpha value is -0.900. The Morgan fingerprint density at radius 3 is 2.56 bits per heavy atom. The average Bonchev–Trinajstić information content (AvgIpc) is 2.96. The van der Waals surface area contributed by atoms with E-state index in [2.05, 4.69) is 14.8 Å². The van der Waals surface area contributed by atoms with E-state index in [1.807, 2.05) is 0 Å². The van der Waals surface area contributed by atoms with Gasteiger partial charge in [0, 0.05) is 24.9 Å². The number of rotatable bonds is 2. The molecule has 1 aromatic rings. The molecule has 0 saturated heterocycles. The van der Waals surface area contributed by atoms with E-state index in [1.165, 1.54) is 44.3 Å². The van der Waals surface area contributed by atoms with Crippen molar-refractivity contribution in [1.29, 1.82) is 0 Å². The maximum atomic E-state index is 5.80. The summed E-state index contributed by atoms with van der Waals surface area (Å²) >= 11 is 0. The van der Waals surface area contributed by atoms with E-state index in [0.717, 1.165) is 12.4 Å². The van der Waals surface area contributed by atoms with E-state index < -0.39 is 0 Å². The van der Waals surface area contributed by atoms with Crippen LogP contribution in [-0.4, -0.2) is 21.3 Å². The first-order valence-electron chi connectivity index (χ1n) is 6.53. The number of hydrogen-bond acceptors (Lipinski definition) is 3. The van der Waals surface area contributed by atoms with Gasteiger partial charge in [0.2, 0.25) is 0 Å². The van der Waals surface area contributed by atoms with E-state index in [9.17, 15) is 0 Å². The Bertz CT molecular complexity index is 365. The maximum absolute atomic E-state index is 5.80. The molecule has 2 aliphatic rings. The van der Waals surface area contributed by atoms with Gasteiger partial charge in [-0.05, 0) is 25.7 Å². The molecule has 3 rings (SSSR count). The van der Waals surface area contributed by atoms with Crippen molar-refractivity contribution in [1.82, 2.24) is 14.8 Å². The second-order valence-electron chi connectivity index (χ2n) is 5.12. The highest BCUT2D eigenvalue weighted by atomic mass is 15.3. The van der Waals surface area contributed by atoms with Crippen LogP contribution in [0.4, 0.5) is 0 Å². The van der Waals surface area contributed by atoms with Crippen LogP contribution in [0.5, 0.6) is 0 Å². The van der Waals surface area contributed by atoms with E-state index in [4.69, 9.17) is 5.73 Å². The van der Waals surface area contributed by atoms with E-state index in [0.29, 0.717) is 18.4 Å². The van der Waals surface area contributed by atoms with Crippen LogP contribution in [0.25, 0.3) is 0 Å². The zero-order valence-corrected chi connectivity index (χ0v) is 9.73. The van der Waals surface area contributed by atoms with Gasteiger partial charge >= 0.3 is 0 Å². The molecule has 0 aromatic carbocycles. The first kappa shape index (κ1) is 10.3. The molecular weight excluding hydrogens is 200 g/mol. The zero-order chi connectivity index (χ0) is 11.0. The third kappa shape index (κ3) is 1.56. The van der Waals surface area contributed by atoms with Crippen LogP contribution in [-0.2, 0) is 6.54 Å². The number of nitrogens with two attached hydrogens (primary N) is 1. The number of aromatic nitrogens is 3. The average molecular weight is 220 g/mol. The molecule has 2 N–H and O–H groups in total. The second kappa shape index (κ2) is 4.17. The molecule has 4 nitrogen and oxygen atoms in total. The largest absolute Gasteiger partial charge is 0.330 e. The molecule has 1 atom stereocenters. The first-order chi connectivity index (χ1) is 7.90. The maximum Gasteiger partial charge on any atom is 0.137 e. The third-order valence-electron chi connectivity index (χ3n) is 4.11. The van der Waals surface area contributed by atoms with Crippen LogP contribution >= 0.6 is 0 Å². The minimum Gasteiger partial charge on any atom is -0.330 e. The van der Waals surface area contributed by atoms with Crippen molar-refractivity contribution >= 4 is 0 Å². The molecule has 1 saturated carbocycles. The van der Waals surface area contributed by atoms with E-state index >= 15 is 0 Å². The Morgan fingerprint density at radius 1 is 1.06 bits per heavy atom. The van der Waals surface area contributed by atoms with Gasteiger partial charge in [-0.15, -0.1) is 10.2 Å². The lowest BCUT2D eigenvalue weighted by Crippen LogP contribution is -2.23. The monoisotopic (exact) mass is 220 g/mol. The van der Waals surface area contributed by atoms with E-state index in [-0.39, 0.29) is 0 Å². The van der Waals surface area contributed by atoms with Crippen LogP contribution in [0.3, 0.4) is 0 Å². The molecule has 2 heterocycles. The van der Waals surface area contributed by atoms with Gasteiger partial charge in [0.1, 0.15) is 11.6 Å². The van der Waals surface area contributed by atoms with Crippen LogP contribution in [0.2, 0.25) is 0 Å². The SMILES string of the molecule is NCC1CCCn2c1nnc2C1CCCC1. The fourth-order valence-corrected chi connectivity index (χ4v) is 3.19. The lowest BCUT2D eigenvalue weighted by atomic mass is 9.98. The smallest absolute Gasteiger partial charge is 0.137 e. The summed E-state index contributed by atoms with van der Waals surface area (Å²) in [6.07, 6.45) is 7.71. The zero-order valence-electron chi connectivity index (χ0n) is 9.73. The van der Waals surface area contributed by atoms with Crippen LogP contribution in [0.15, 0.2) is 0 Å². The summed E-state index contributed by atoms with van der Waals surface area (Å²) in [7, 11) is 0. The predicted molar refractivity (Wildman–Crippen MR) is 62.3 cm³/mol. The molecular formula is C12H20N4. The van der Waals surface area contributed by atoms with Gasteiger partial charge in [0.05, 0.1) is 0 Å². The Morgan fingerprint density at radius 2 is 1.81 bits per heavy atom. The standard InChI is InChI=1S/C12H20N4/c13-8-10-6-3-7-16-11(14-15-12(10)16)9-4-1-2-5-9/h9-10H,1-8,13H2. The molecule has 0 amide bonds. The normalized spacial score (nSPS) is 25.9. The van der Waals surface area contributed by atoms with Crippen molar-refractivity contribution in [3.05, 3.63) is 11.6 Å². The summed E-state index contributed by atoms with van der Waals surface area (Å²) in [4.78, 5) is 0. The lowest BCUT2D eigenvalue weighted by Gasteiger charge is -2.23. The predicted octanol–water partition coefficient (Wildman–Crippen LogP) is 1.77. The molecule has 1 aliphatic heterocycles. The van der Waals surface area contributed by atoms with Gasteiger partial charge in [-0.1, -0.05) is 12.8 Å². The molecule has 88 valence electrons. The Balaban J connectivity index is 1.93. The van der Waals surface area contributed by atoms with Gasteiger partial charge in [-0.2, -0.15) is 0 Å². The number of fused-ring (bicyclic) bond motifs is 1. The molecule has 1 unspecified atom stereocenters. The topological polar surface area (TPSA) is 56.7 Å². The van der Waals surface area contributed by atoms with Crippen molar-refractivity contribution in [2.45, 2.75) is 56.9 Å². The van der Waals surface area contributed by atoms with Gasteiger partial charge < -0.3 is 10.3 Å². The number of nitrogens with zero attached hydrogens (tertiary/aromatic N) is 3. The summed E-state index contributed by atoms with van der Waals surface area (Å²) in [5, 5.41) is 8.82. The molecule has 1 aliphatic carbocycles. The first-order valence-corrected chi connectivity index (χ1v) is 6.53. The van der Waals surface area contributed by atoms with Crippen LogP contribution in [0, 0.1) is 0 Å². The van der Waals surface area contributed by atoms with Gasteiger partial charge in [-0.25, -0.2) is 0 Å². The summed E-state index contributed by atoms with van der Waals surface area (Å²) in [6.45, 7) is 1.81.